The Morgan fingerprint density at radius 3 is 2.48 bits per heavy atom. The zero-order chi connectivity index (χ0) is 28.3. The van der Waals surface area contributed by atoms with E-state index >= 15 is 0 Å². The standard InChI is InChI=1S/C28H27FN6O4S/c1-2-3-15-34-26-25(27(36)35(28(34)37)18-20-7-4-5-9-23(20)29)31-24(32-26)16-19-10-12-22(13-11-19)40(38,39)33-21-8-6-14-30-17-21/h4-14,17,33H,2-3,15-16,18H2,1H3,(H,31,32). The molecule has 0 amide bonds. The van der Waals surface area contributed by atoms with Crippen LogP contribution < -0.4 is 16.0 Å². The van der Waals surface area contributed by atoms with Crippen LogP contribution in [0, 0.1) is 5.82 Å². The number of unbranched alkanes of at least 4 members (excludes halogenated alkanes) is 1. The van der Waals surface area contributed by atoms with Crippen LogP contribution in [0.15, 0.2) is 87.5 Å². The van der Waals surface area contributed by atoms with Gasteiger partial charge in [0.1, 0.15) is 17.2 Å². The smallest absolute Gasteiger partial charge is 0.333 e. The van der Waals surface area contributed by atoms with E-state index in [0.29, 0.717) is 24.5 Å². The van der Waals surface area contributed by atoms with Crippen LogP contribution >= 0.6 is 0 Å². The molecule has 0 aliphatic carbocycles. The van der Waals surface area contributed by atoms with Gasteiger partial charge in [-0.25, -0.2) is 22.6 Å². The monoisotopic (exact) mass is 562 g/mol. The Hall–Kier alpha value is -4.58. The van der Waals surface area contributed by atoms with Gasteiger partial charge in [0.15, 0.2) is 5.65 Å². The number of H-pyrrole nitrogens is 1. The molecule has 2 N–H and O–H groups in total. The van der Waals surface area contributed by atoms with Crippen LogP contribution in [0.25, 0.3) is 11.2 Å². The largest absolute Gasteiger partial charge is 0.336 e. The molecule has 0 aliphatic heterocycles. The number of hydrogen-bond donors (Lipinski definition) is 2. The summed E-state index contributed by atoms with van der Waals surface area (Å²) < 4.78 is 44.7. The molecule has 0 unspecified atom stereocenters. The minimum atomic E-state index is -3.80. The maximum absolute atomic E-state index is 14.3. The molecule has 206 valence electrons. The van der Waals surface area contributed by atoms with Crippen molar-refractivity contribution in [1.82, 2.24) is 24.1 Å². The van der Waals surface area contributed by atoms with Crippen molar-refractivity contribution in [1.29, 1.82) is 0 Å². The molecule has 10 nitrogen and oxygen atoms in total. The molecule has 3 heterocycles. The van der Waals surface area contributed by atoms with Crippen LogP contribution in [0.5, 0.6) is 0 Å². The van der Waals surface area contributed by atoms with Crippen LogP contribution in [-0.4, -0.2) is 32.5 Å². The van der Waals surface area contributed by atoms with Crippen molar-refractivity contribution in [2.24, 2.45) is 0 Å². The SMILES string of the molecule is CCCCn1c(=O)n(Cc2ccccc2F)c(=O)c2[nH]c(Cc3ccc(S(=O)(=O)Nc4cccnc4)cc3)nc21. The first-order valence-corrected chi connectivity index (χ1v) is 14.2. The van der Waals surface area contributed by atoms with Gasteiger partial charge in [0.05, 0.1) is 23.3 Å². The van der Waals surface area contributed by atoms with Gasteiger partial charge in [0.2, 0.25) is 0 Å². The number of hydrogen-bond acceptors (Lipinski definition) is 6. The third-order valence-corrected chi connectivity index (χ3v) is 7.85. The number of aryl methyl sites for hydroxylation is 1. The van der Waals surface area contributed by atoms with Crippen LogP contribution in [0.3, 0.4) is 0 Å². The Bertz CT molecular complexity index is 1880. The molecule has 2 aromatic carbocycles. The van der Waals surface area contributed by atoms with E-state index in [9.17, 15) is 22.4 Å². The molecular formula is C28H27FN6O4S. The van der Waals surface area contributed by atoms with E-state index in [4.69, 9.17) is 0 Å². The Labute approximate surface area is 229 Å². The second-order valence-corrected chi connectivity index (χ2v) is 11.0. The molecule has 0 aliphatic rings. The van der Waals surface area contributed by atoms with E-state index in [0.717, 1.165) is 16.6 Å². The van der Waals surface area contributed by atoms with Crippen molar-refractivity contribution in [3.8, 4) is 0 Å². The van der Waals surface area contributed by atoms with Crippen molar-refractivity contribution in [2.45, 2.75) is 44.2 Å². The molecule has 0 radical (unpaired) electrons. The first-order chi connectivity index (χ1) is 19.3. The fraction of sp³-hybridized carbons (Fsp3) is 0.214. The molecular weight excluding hydrogens is 535 g/mol. The van der Waals surface area contributed by atoms with Crippen molar-refractivity contribution in [3.63, 3.8) is 0 Å². The Morgan fingerprint density at radius 2 is 1.77 bits per heavy atom. The van der Waals surface area contributed by atoms with Gasteiger partial charge >= 0.3 is 5.69 Å². The number of nitrogens with zero attached hydrogens (tertiary/aromatic N) is 4. The summed E-state index contributed by atoms with van der Waals surface area (Å²) in [7, 11) is -3.80. The zero-order valence-electron chi connectivity index (χ0n) is 21.7. The lowest BCUT2D eigenvalue weighted by Gasteiger charge is -2.11. The highest BCUT2D eigenvalue weighted by molar-refractivity contribution is 7.92. The number of imidazole rings is 1. The first-order valence-electron chi connectivity index (χ1n) is 12.7. The molecule has 12 heteroatoms. The number of aromatic amines is 1. The Kier molecular flexibility index (Phi) is 7.60. The van der Waals surface area contributed by atoms with Crippen molar-refractivity contribution in [2.75, 3.05) is 4.72 Å². The average molecular weight is 563 g/mol. The molecule has 0 spiro atoms. The molecule has 0 atom stereocenters. The highest BCUT2D eigenvalue weighted by atomic mass is 32.2. The van der Waals surface area contributed by atoms with Crippen molar-refractivity contribution >= 4 is 26.9 Å². The maximum atomic E-state index is 14.3. The second kappa shape index (κ2) is 11.3. The lowest BCUT2D eigenvalue weighted by molar-refractivity contribution is 0.553. The Balaban J connectivity index is 1.46. The van der Waals surface area contributed by atoms with Gasteiger partial charge in [-0.15, -0.1) is 0 Å². The number of rotatable bonds is 10. The predicted octanol–water partition coefficient (Wildman–Crippen LogP) is 3.66. The normalized spacial score (nSPS) is 11.7. The average Bonchev–Trinajstić information content (AvgIpc) is 3.36. The van der Waals surface area contributed by atoms with Crippen molar-refractivity contribution in [3.05, 3.63) is 117 Å². The molecule has 0 bridgehead atoms. The van der Waals surface area contributed by atoms with E-state index in [2.05, 4.69) is 19.7 Å². The second-order valence-electron chi connectivity index (χ2n) is 9.32. The number of sulfonamides is 1. The fourth-order valence-electron chi connectivity index (χ4n) is 4.37. The summed E-state index contributed by atoms with van der Waals surface area (Å²) in [6.07, 6.45) is 4.74. The number of halogens is 1. The minimum absolute atomic E-state index is 0.0779. The van der Waals surface area contributed by atoms with Gasteiger partial charge in [0, 0.05) is 24.7 Å². The molecule has 0 fully saturated rings. The Morgan fingerprint density at radius 1 is 1.00 bits per heavy atom. The van der Waals surface area contributed by atoms with Gasteiger partial charge < -0.3 is 4.98 Å². The van der Waals surface area contributed by atoms with E-state index in [-0.39, 0.29) is 34.6 Å². The quantitative estimate of drug-likeness (QED) is 0.267. The molecule has 5 aromatic rings. The number of anilines is 1. The van der Waals surface area contributed by atoms with E-state index < -0.39 is 27.1 Å². The van der Waals surface area contributed by atoms with Gasteiger partial charge in [-0.05, 0) is 42.3 Å². The van der Waals surface area contributed by atoms with Crippen LogP contribution in [0.1, 0.15) is 36.7 Å². The zero-order valence-corrected chi connectivity index (χ0v) is 22.5. The van der Waals surface area contributed by atoms with Gasteiger partial charge in [-0.1, -0.05) is 43.7 Å². The fourth-order valence-corrected chi connectivity index (χ4v) is 5.41. The lowest BCUT2D eigenvalue weighted by Crippen LogP contribution is -2.40. The summed E-state index contributed by atoms with van der Waals surface area (Å²) >= 11 is 0. The van der Waals surface area contributed by atoms with Gasteiger partial charge in [0.25, 0.3) is 15.6 Å². The summed E-state index contributed by atoms with van der Waals surface area (Å²) in [4.78, 5) is 38.3. The highest BCUT2D eigenvalue weighted by Crippen LogP contribution is 2.18. The van der Waals surface area contributed by atoms with Crippen LogP contribution in [0.4, 0.5) is 10.1 Å². The third-order valence-electron chi connectivity index (χ3n) is 6.45. The van der Waals surface area contributed by atoms with Crippen LogP contribution in [0.2, 0.25) is 0 Å². The first kappa shape index (κ1) is 27.0. The summed E-state index contributed by atoms with van der Waals surface area (Å²) in [5, 5.41) is 0. The summed E-state index contributed by atoms with van der Waals surface area (Å²) in [5.74, 6) is -0.0649. The number of fused-ring (bicyclic) bond motifs is 1. The van der Waals surface area contributed by atoms with Crippen molar-refractivity contribution < 1.29 is 12.8 Å². The predicted molar refractivity (Wildman–Crippen MR) is 149 cm³/mol. The number of nitrogens with one attached hydrogen (secondary N) is 2. The van der Waals surface area contributed by atoms with E-state index in [1.165, 1.54) is 35.0 Å². The summed E-state index contributed by atoms with van der Waals surface area (Å²) in [6.45, 7) is 2.14. The van der Waals surface area contributed by atoms with Crippen LogP contribution in [-0.2, 0) is 29.5 Å². The number of benzene rings is 2. The van der Waals surface area contributed by atoms with Gasteiger partial charge in [-0.3, -0.25) is 23.6 Å². The third kappa shape index (κ3) is 5.57. The molecule has 5 rings (SSSR count). The van der Waals surface area contributed by atoms with E-state index in [1.807, 2.05) is 6.92 Å². The molecule has 0 saturated heterocycles. The molecule has 40 heavy (non-hydrogen) atoms. The lowest BCUT2D eigenvalue weighted by atomic mass is 10.1. The molecule has 3 aromatic heterocycles. The topological polar surface area (TPSA) is 132 Å². The van der Waals surface area contributed by atoms with Gasteiger partial charge in [-0.2, -0.15) is 0 Å². The maximum Gasteiger partial charge on any atom is 0.333 e. The summed E-state index contributed by atoms with van der Waals surface area (Å²) in [5.41, 5.74) is 0.582. The van der Waals surface area contributed by atoms with E-state index in [1.54, 1.807) is 42.6 Å². The number of aromatic nitrogens is 5. The number of pyridine rings is 1. The minimum Gasteiger partial charge on any atom is -0.336 e. The molecule has 0 saturated carbocycles. The summed E-state index contributed by atoms with van der Waals surface area (Å²) in [6, 6.07) is 15.5. The highest BCUT2D eigenvalue weighted by Gasteiger charge is 2.19.